The van der Waals surface area contributed by atoms with Crippen molar-refractivity contribution in [3.05, 3.63) is 29.3 Å². The molecule has 1 saturated carbocycles. The highest BCUT2D eigenvalue weighted by Gasteiger charge is 2.37. The summed E-state index contributed by atoms with van der Waals surface area (Å²) in [6.45, 7) is 4.46. The van der Waals surface area contributed by atoms with Crippen LogP contribution in [0.5, 0.6) is 0 Å². The summed E-state index contributed by atoms with van der Waals surface area (Å²) >= 11 is 0. The van der Waals surface area contributed by atoms with Crippen LogP contribution in [0, 0.1) is 12.3 Å². The summed E-state index contributed by atoms with van der Waals surface area (Å²) in [6, 6.07) is 4.42. The van der Waals surface area contributed by atoms with Gasteiger partial charge in [-0.3, -0.25) is 4.79 Å². The lowest BCUT2D eigenvalue weighted by atomic mass is 10.1. The number of hydrogen-bond acceptors (Lipinski definition) is 3. The van der Waals surface area contributed by atoms with Crippen LogP contribution < -0.4 is 10.5 Å². The molecule has 1 fully saturated rings. The van der Waals surface area contributed by atoms with E-state index in [1.54, 1.807) is 13.0 Å². The van der Waals surface area contributed by atoms with Gasteiger partial charge < -0.3 is 5.32 Å². The monoisotopic (exact) mass is 282 g/mol. The van der Waals surface area contributed by atoms with Crippen molar-refractivity contribution >= 4 is 15.9 Å². The van der Waals surface area contributed by atoms with Crippen LogP contribution in [0.15, 0.2) is 23.1 Å². The van der Waals surface area contributed by atoms with Crippen LogP contribution in [0.4, 0.5) is 0 Å². The van der Waals surface area contributed by atoms with Crippen molar-refractivity contribution in [3.8, 4) is 0 Å². The van der Waals surface area contributed by atoms with Gasteiger partial charge in [-0.05, 0) is 48.9 Å². The molecule has 0 heterocycles. The lowest BCUT2D eigenvalue weighted by molar-refractivity contribution is 0.0946. The van der Waals surface area contributed by atoms with E-state index >= 15 is 0 Å². The molecule has 19 heavy (non-hydrogen) atoms. The average Bonchev–Trinajstić information content (AvgIpc) is 3.03. The molecule has 6 heteroatoms. The van der Waals surface area contributed by atoms with Crippen LogP contribution in [0.25, 0.3) is 0 Å². The lowest BCUT2D eigenvalue weighted by Crippen LogP contribution is -2.29. The molecule has 0 spiro atoms. The fourth-order valence-corrected chi connectivity index (χ4v) is 2.47. The molecule has 1 aromatic carbocycles. The summed E-state index contributed by atoms with van der Waals surface area (Å²) in [5.74, 6) is -0.262. The van der Waals surface area contributed by atoms with E-state index in [4.69, 9.17) is 5.14 Å². The molecule has 0 atom stereocenters. The second-order valence-corrected chi connectivity index (χ2v) is 7.13. The average molecular weight is 282 g/mol. The maximum atomic E-state index is 12.0. The van der Waals surface area contributed by atoms with E-state index in [0.717, 1.165) is 12.8 Å². The fourth-order valence-electron chi connectivity index (χ4n) is 1.83. The number of sulfonamides is 1. The zero-order chi connectivity index (χ0) is 14.3. The van der Waals surface area contributed by atoms with Crippen molar-refractivity contribution in [2.75, 3.05) is 6.54 Å². The number of carbonyl (C=O) groups excluding carboxylic acids is 1. The van der Waals surface area contributed by atoms with Gasteiger partial charge in [0, 0.05) is 12.1 Å². The van der Waals surface area contributed by atoms with Crippen LogP contribution in [-0.2, 0) is 10.0 Å². The maximum absolute atomic E-state index is 12.0. The second kappa shape index (κ2) is 4.61. The van der Waals surface area contributed by atoms with Gasteiger partial charge in [0.1, 0.15) is 0 Å². The number of benzene rings is 1. The minimum Gasteiger partial charge on any atom is -0.351 e. The minimum absolute atomic E-state index is 0.0321. The number of nitrogens with two attached hydrogens (primary N) is 1. The lowest BCUT2D eigenvalue weighted by Gasteiger charge is -2.11. The second-order valence-electron chi connectivity index (χ2n) is 5.57. The standard InChI is InChI=1S/C13H18N2O3S/c1-9-5-10(7-11(6-9)19(14,17)18)12(16)15-8-13(2)3-4-13/h5-7H,3-4,8H2,1-2H3,(H,15,16)(H2,14,17,18). The van der Waals surface area contributed by atoms with Crippen LogP contribution in [0.3, 0.4) is 0 Å². The number of amides is 1. The summed E-state index contributed by atoms with van der Waals surface area (Å²) < 4.78 is 22.7. The van der Waals surface area contributed by atoms with Gasteiger partial charge in [0.15, 0.2) is 0 Å². The third-order valence-corrected chi connectivity index (χ3v) is 4.31. The van der Waals surface area contributed by atoms with Gasteiger partial charge >= 0.3 is 0 Å². The molecule has 0 bridgehead atoms. The Morgan fingerprint density at radius 1 is 1.37 bits per heavy atom. The van der Waals surface area contributed by atoms with Crippen molar-refractivity contribution in [2.45, 2.75) is 31.6 Å². The Morgan fingerprint density at radius 2 is 2.00 bits per heavy atom. The van der Waals surface area contributed by atoms with Crippen LogP contribution >= 0.6 is 0 Å². The van der Waals surface area contributed by atoms with Crippen LogP contribution in [0.2, 0.25) is 0 Å². The number of primary sulfonamides is 1. The third-order valence-electron chi connectivity index (χ3n) is 3.42. The summed E-state index contributed by atoms with van der Waals surface area (Å²) in [5.41, 5.74) is 1.23. The van der Waals surface area contributed by atoms with Gasteiger partial charge in [-0.15, -0.1) is 0 Å². The third kappa shape index (κ3) is 3.54. The van der Waals surface area contributed by atoms with E-state index in [0.29, 0.717) is 17.7 Å². The predicted molar refractivity (Wildman–Crippen MR) is 72.2 cm³/mol. The maximum Gasteiger partial charge on any atom is 0.251 e. The number of carbonyl (C=O) groups is 1. The Labute approximate surface area is 113 Å². The van der Waals surface area contributed by atoms with Gasteiger partial charge in [0.25, 0.3) is 5.91 Å². The molecule has 1 aliphatic carbocycles. The molecule has 0 unspecified atom stereocenters. The molecular weight excluding hydrogens is 264 g/mol. The van der Waals surface area contributed by atoms with Gasteiger partial charge in [0.05, 0.1) is 4.90 Å². The largest absolute Gasteiger partial charge is 0.351 e. The first-order valence-electron chi connectivity index (χ1n) is 6.12. The van der Waals surface area contributed by atoms with E-state index in [2.05, 4.69) is 12.2 Å². The smallest absolute Gasteiger partial charge is 0.251 e. The van der Waals surface area contributed by atoms with Crippen molar-refractivity contribution in [2.24, 2.45) is 10.6 Å². The molecule has 1 aliphatic rings. The molecule has 3 N–H and O–H groups in total. The van der Waals surface area contributed by atoms with Crippen molar-refractivity contribution in [1.82, 2.24) is 5.32 Å². The predicted octanol–water partition coefficient (Wildman–Crippen LogP) is 1.17. The first-order valence-corrected chi connectivity index (χ1v) is 7.67. The molecule has 5 nitrogen and oxygen atoms in total. The molecule has 0 aromatic heterocycles. The Hall–Kier alpha value is -1.40. The number of nitrogens with one attached hydrogen (secondary N) is 1. The first-order chi connectivity index (χ1) is 8.70. The molecule has 2 rings (SSSR count). The highest BCUT2D eigenvalue weighted by atomic mass is 32.2. The summed E-state index contributed by atoms with van der Waals surface area (Å²) in [4.78, 5) is 12.0. The van der Waals surface area contributed by atoms with E-state index in [9.17, 15) is 13.2 Å². The van der Waals surface area contributed by atoms with Gasteiger partial charge in [-0.1, -0.05) is 6.92 Å². The summed E-state index contributed by atoms with van der Waals surface area (Å²) in [6.07, 6.45) is 2.23. The fraction of sp³-hybridized carbons (Fsp3) is 0.462. The Balaban J connectivity index is 2.19. The highest BCUT2D eigenvalue weighted by molar-refractivity contribution is 7.89. The minimum atomic E-state index is -3.79. The van der Waals surface area contributed by atoms with Gasteiger partial charge in [-0.25, -0.2) is 13.6 Å². The zero-order valence-corrected chi connectivity index (χ0v) is 11.9. The van der Waals surface area contributed by atoms with E-state index in [-0.39, 0.29) is 16.2 Å². The normalized spacial score (nSPS) is 17.0. The Bertz CT molecular complexity index is 619. The SMILES string of the molecule is Cc1cc(C(=O)NCC2(C)CC2)cc(S(N)(=O)=O)c1. The van der Waals surface area contributed by atoms with Crippen molar-refractivity contribution < 1.29 is 13.2 Å². The van der Waals surface area contributed by atoms with Crippen LogP contribution in [-0.4, -0.2) is 20.9 Å². The molecule has 1 aromatic rings. The number of hydrogen-bond donors (Lipinski definition) is 2. The van der Waals surface area contributed by atoms with E-state index in [1.165, 1.54) is 12.1 Å². The highest BCUT2D eigenvalue weighted by Crippen LogP contribution is 2.44. The van der Waals surface area contributed by atoms with E-state index in [1.807, 2.05) is 0 Å². The van der Waals surface area contributed by atoms with Gasteiger partial charge in [0.2, 0.25) is 10.0 Å². The van der Waals surface area contributed by atoms with Gasteiger partial charge in [-0.2, -0.15) is 0 Å². The topological polar surface area (TPSA) is 89.3 Å². The Morgan fingerprint density at radius 3 is 2.53 bits per heavy atom. The molecule has 104 valence electrons. The Kier molecular flexibility index (Phi) is 3.40. The molecule has 0 radical (unpaired) electrons. The van der Waals surface area contributed by atoms with E-state index < -0.39 is 10.0 Å². The molecule has 1 amide bonds. The quantitative estimate of drug-likeness (QED) is 0.868. The summed E-state index contributed by atoms with van der Waals surface area (Å²) in [5, 5.41) is 7.92. The van der Waals surface area contributed by atoms with Crippen molar-refractivity contribution in [1.29, 1.82) is 0 Å². The number of aryl methyl sites for hydroxylation is 1. The molecule has 0 aliphatic heterocycles. The van der Waals surface area contributed by atoms with Crippen LogP contribution in [0.1, 0.15) is 35.7 Å². The zero-order valence-electron chi connectivity index (χ0n) is 11.1. The first kappa shape index (κ1) is 14.0. The molecular formula is C13H18N2O3S. The van der Waals surface area contributed by atoms with Crippen molar-refractivity contribution in [3.63, 3.8) is 0 Å². The summed E-state index contributed by atoms with van der Waals surface area (Å²) in [7, 11) is -3.79. The molecule has 0 saturated heterocycles. The number of rotatable bonds is 4.